The fourth-order valence-electron chi connectivity index (χ4n) is 2.38. The quantitative estimate of drug-likeness (QED) is 0.868. The summed E-state index contributed by atoms with van der Waals surface area (Å²) in [4.78, 5) is 11.3. The van der Waals surface area contributed by atoms with Gasteiger partial charge in [0.15, 0.2) is 0 Å². The van der Waals surface area contributed by atoms with Crippen LogP contribution < -0.4 is 4.74 Å². The number of carboxylic acid groups (broad SMARTS) is 1. The SMILES string of the molecule is COc1ccc(S(=O)(=O)N2CCCC[C@H]2C(=O)O)cc1Br. The van der Waals surface area contributed by atoms with Crippen LogP contribution in [0.5, 0.6) is 5.75 Å². The van der Waals surface area contributed by atoms with E-state index in [0.717, 1.165) is 10.7 Å². The molecule has 0 aliphatic carbocycles. The van der Waals surface area contributed by atoms with E-state index in [4.69, 9.17) is 4.74 Å². The fraction of sp³-hybridized carbons (Fsp3) is 0.462. The molecular formula is C13H16BrNO5S. The zero-order valence-corrected chi connectivity index (χ0v) is 13.9. The van der Waals surface area contributed by atoms with E-state index in [1.54, 1.807) is 0 Å². The van der Waals surface area contributed by atoms with Gasteiger partial charge in [-0.05, 0) is 53.4 Å². The maximum atomic E-state index is 12.7. The van der Waals surface area contributed by atoms with Crippen molar-refractivity contribution in [1.29, 1.82) is 0 Å². The summed E-state index contributed by atoms with van der Waals surface area (Å²) in [5, 5.41) is 9.22. The molecule has 1 aromatic rings. The van der Waals surface area contributed by atoms with Crippen LogP contribution in [0.15, 0.2) is 27.6 Å². The van der Waals surface area contributed by atoms with Crippen LogP contribution in [0.25, 0.3) is 0 Å². The molecule has 1 fully saturated rings. The van der Waals surface area contributed by atoms with Crippen LogP contribution in [0.1, 0.15) is 19.3 Å². The van der Waals surface area contributed by atoms with Gasteiger partial charge in [0, 0.05) is 6.54 Å². The first-order chi connectivity index (χ1) is 9.87. The number of piperidine rings is 1. The summed E-state index contributed by atoms with van der Waals surface area (Å²) in [7, 11) is -2.35. The van der Waals surface area contributed by atoms with Crippen LogP contribution >= 0.6 is 15.9 Å². The molecule has 1 saturated heterocycles. The lowest BCUT2D eigenvalue weighted by molar-refractivity contribution is -0.142. The first-order valence-electron chi connectivity index (χ1n) is 6.46. The molecule has 0 amide bonds. The first-order valence-corrected chi connectivity index (χ1v) is 8.69. The smallest absolute Gasteiger partial charge is 0.322 e. The van der Waals surface area contributed by atoms with Gasteiger partial charge >= 0.3 is 5.97 Å². The molecule has 2 rings (SSSR count). The summed E-state index contributed by atoms with van der Waals surface area (Å²) in [6, 6.07) is 3.40. The molecule has 1 aliphatic heterocycles. The van der Waals surface area contributed by atoms with E-state index >= 15 is 0 Å². The van der Waals surface area contributed by atoms with E-state index in [1.165, 1.54) is 25.3 Å². The number of aliphatic carboxylic acids is 1. The number of methoxy groups -OCH3 is 1. The predicted molar refractivity (Wildman–Crippen MR) is 79.9 cm³/mol. The lowest BCUT2D eigenvalue weighted by Crippen LogP contribution is -2.47. The Bertz CT molecular complexity index is 646. The second-order valence-electron chi connectivity index (χ2n) is 4.76. The first kappa shape index (κ1) is 16.3. The normalized spacial score (nSPS) is 20.2. The lowest BCUT2D eigenvalue weighted by atomic mass is 10.1. The van der Waals surface area contributed by atoms with Crippen molar-refractivity contribution in [1.82, 2.24) is 4.31 Å². The zero-order valence-electron chi connectivity index (χ0n) is 11.5. The van der Waals surface area contributed by atoms with Crippen molar-refractivity contribution in [3.63, 3.8) is 0 Å². The number of halogens is 1. The number of benzene rings is 1. The minimum atomic E-state index is -3.84. The predicted octanol–water partition coefficient (Wildman–Crippen LogP) is 2.09. The summed E-state index contributed by atoms with van der Waals surface area (Å²) < 4.78 is 32.0. The van der Waals surface area contributed by atoms with E-state index < -0.39 is 22.0 Å². The van der Waals surface area contributed by atoms with Crippen molar-refractivity contribution >= 4 is 31.9 Å². The number of hydrogen-bond acceptors (Lipinski definition) is 4. The minimum absolute atomic E-state index is 0.0586. The Labute approximate surface area is 131 Å². The van der Waals surface area contributed by atoms with Crippen LogP contribution in [-0.2, 0) is 14.8 Å². The maximum absolute atomic E-state index is 12.7. The molecule has 1 aromatic carbocycles. The van der Waals surface area contributed by atoms with Crippen molar-refractivity contribution in [3.8, 4) is 5.75 Å². The standard InChI is InChI=1S/C13H16BrNO5S/c1-20-12-6-5-9(8-10(12)14)21(18,19)15-7-3-2-4-11(15)13(16)17/h5-6,8,11H,2-4,7H2,1H3,(H,16,17)/t11-/m0/s1. The molecule has 0 unspecified atom stereocenters. The molecule has 0 saturated carbocycles. The monoisotopic (exact) mass is 377 g/mol. The molecule has 1 atom stereocenters. The van der Waals surface area contributed by atoms with Gasteiger partial charge in [0.1, 0.15) is 11.8 Å². The van der Waals surface area contributed by atoms with Gasteiger partial charge in [0.25, 0.3) is 0 Å². The van der Waals surface area contributed by atoms with Crippen molar-refractivity contribution in [2.45, 2.75) is 30.2 Å². The fourth-order valence-corrected chi connectivity index (χ4v) is 4.75. The number of rotatable bonds is 4. The Morgan fingerprint density at radius 3 is 2.71 bits per heavy atom. The average Bonchev–Trinajstić information content (AvgIpc) is 2.47. The molecule has 0 spiro atoms. The third-order valence-electron chi connectivity index (χ3n) is 3.47. The zero-order chi connectivity index (χ0) is 15.6. The van der Waals surface area contributed by atoms with Gasteiger partial charge in [-0.3, -0.25) is 4.79 Å². The van der Waals surface area contributed by atoms with Crippen molar-refractivity contribution in [3.05, 3.63) is 22.7 Å². The minimum Gasteiger partial charge on any atom is -0.496 e. The van der Waals surface area contributed by atoms with Crippen LogP contribution in [0.4, 0.5) is 0 Å². The average molecular weight is 378 g/mol. The topological polar surface area (TPSA) is 83.9 Å². The molecule has 6 nitrogen and oxygen atoms in total. The molecule has 0 aromatic heterocycles. The molecule has 1 aliphatic rings. The van der Waals surface area contributed by atoms with Gasteiger partial charge in [-0.15, -0.1) is 0 Å². The van der Waals surface area contributed by atoms with E-state index in [9.17, 15) is 18.3 Å². The summed E-state index contributed by atoms with van der Waals surface area (Å²) in [6.45, 7) is 0.225. The second kappa shape index (κ2) is 6.33. The highest BCUT2D eigenvalue weighted by Crippen LogP contribution is 2.31. The van der Waals surface area contributed by atoms with Gasteiger partial charge in [-0.1, -0.05) is 0 Å². The van der Waals surface area contributed by atoms with E-state index in [0.29, 0.717) is 23.1 Å². The van der Waals surface area contributed by atoms with Gasteiger partial charge in [0.2, 0.25) is 10.0 Å². The molecule has 1 heterocycles. The number of hydrogen-bond donors (Lipinski definition) is 1. The molecular weight excluding hydrogens is 362 g/mol. The Morgan fingerprint density at radius 1 is 1.43 bits per heavy atom. The molecule has 0 bridgehead atoms. The number of carboxylic acids is 1. The van der Waals surface area contributed by atoms with Crippen LogP contribution in [-0.4, -0.2) is 43.5 Å². The van der Waals surface area contributed by atoms with Crippen LogP contribution in [0, 0.1) is 0 Å². The molecule has 8 heteroatoms. The van der Waals surface area contributed by atoms with Crippen molar-refractivity contribution < 1.29 is 23.1 Å². The lowest BCUT2D eigenvalue weighted by Gasteiger charge is -2.31. The van der Waals surface area contributed by atoms with Gasteiger partial charge in [0.05, 0.1) is 16.5 Å². The summed E-state index contributed by atoms with van der Waals surface area (Å²) in [5.74, 6) is -0.590. The summed E-state index contributed by atoms with van der Waals surface area (Å²) >= 11 is 3.24. The van der Waals surface area contributed by atoms with E-state index in [-0.39, 0.29) is 11.4 Å². The molecule has 116 valence electrons. The van der Waals surface area contributed by atoms with Gasteiger partial charge in [-0.25, -0.2) is 8.42 Å². The Morgan fingerprint density at radius 2 is 2.14 bits per heavy atom. The number of sulfonamides is 1. The number of nitrogens with zero attached hydrogens (tertiary/aromatic N) is 1. The molecule has 21 heavy (non-hydrogen) atoms. The van der Waals surface area contributed by atoms with Gasteiger partial charge < -0.3 is 9.84 Å². The van der Waals surface area contributed by atoms with E-state index in [1.807, 2.05) is 0 Å². The van der Waals surface area contributed by atoms with Crippen LogP contribution in [0.3, 0.4) is 0 Å². The second-order valence-corrected chi connectivity index (χ2v) is 7.51. The van der Waals surface area contributed by atoms with Crippen LogP contribution in [0.2, 0.25) is 0 Å². The molecule has 0 radical (unpaired) electrons. The Hall–Kier alpha value is -1.12. The third-order valence-corrected chi connectivity index (χ3v) is 5.99. The highest BCUT2D eigenvalue weighted by atomic mass is 79.9. The van der Waals surface area contributed by atoms with E-state index in [2.05, 4.69) is 15.9 Å². The largest absolute Gasteiger partial charge is 0.496 e. The highest BCUT2D eigenvalue weighted by Gasteiger charge is 2.37. The summed E-state index contributed by atoms with van der Waals surface area (Å²) in [5.41, 5.74) is 0. The van der Waals surface area contributed by atoms with Gasteiger partial charge in [-0.2, -0.15) is 4.31 Å². The van der Waals surface area contributed by atoms with Crippen molar-refractivity contribution in [2.75, 3.05) is 13.7 Å². The Balaban J connectivity index is 2.40. The number of ether oxygens (including phenoxy) is 1. The third kappa shape index (κ3) is 3.22. The number of carbonyl (C=O) groups is 1. The molecule has 1 N–H and O–H groups in total. The Kier molecular flexibility index (Phi) is 4.90. The highest BCUT2D eigenvalue weighted by molar-refractivity contribution is 9.10. The van der Waals surface area contributed by atoms with Crippen molar-refractivity contribution in [2.24, 2.45) is 0 Å². The maximum Gasteiger partial charge on any atom is 0.322 e. The summed E-state index contributed by atoms with van der Waals surface area (Å²) in [6.07, 6.45) is 1.72.